The van der Waals surface area contributed by atoms with Crippen molar-refractivity contribution < 1.29 is 14.3 Å². The van der Waals surface area contributed by atoms with Crippen LogP contribution in [0, 0.1) is 0 Å². The predicted molar refractivity (Wildman–Crippen MR) is 114 cm³/mol. The van der Waals surface area contributed by atoms with Crippen molar-refractivity contribution in [1.82, 2.24) is 14.9 Å². The quantitative estimate of drug-likeness (QED) is 0.499. The van der Waals surface area contributed by atoms with Gasteiger partial charge in [0.15, 0.2) is 11.5 Å². The molecule has 29 heavy (non-hydrogen) atoms. The number of carbonyl (C=O) groups excluding carboxylic acids is 1. The smallest absolute Gasteiger partial charge is 0.219 e. The number of aromatic nitrogens is 2. The zero-order chi connectivity index (χ0) is 20.5. The topological polar surface area (TPSA) is 65.4 Å². The van der Waals surface area contributed by atoms with Crippen molar-refractivity contribution in [2.24, 2.45) is 0 Å². The predicted octanol–water partition coefficient (Wildman–Crippen LogP) is 3.97. The van der Waals surface area contributed by atoms with Crippen LogP contribution in [0.5, 0.6) is 11.5 Å². The Hall–Kier alpha value is -3.02. The Kier molecular flexibility index (Phi) is 7.50. The number of carbonyl (C=O) groups is 1. The molecule has 0 spiro atoms. The third-order valence-electron chi connectivity index (χ3n) is 4.81. The molecule has 0 unspecified atom stereocenters. The average molecular weight is 396 g/mol. The van der Waals surface area contributed by atoms with Gasteiger partial charge < -0.3 is 19.4 Å². The molecule has 6 nitrogen and oxygen atoms in total. The van der Waals surface area contributed by atoms with Gasteiger partial charge in [0.1, 0.15) is 5.82 Å². The van der Waals surface area contributed by atoms with Crippen LogP contribution >= 0.6 is 0 Å². The Bertz CT molecular complexity index is 936. The van der Waals surface area contributed by atoms with Gasteiger partial charge in [-0.25, -0.2) is 4.98 Å². The molecule has 0 aliphatic heterocycles. The fourth-order valence-corrected chi connectivity index (χ4v) is 3.31. The molecule has 1 heterocycles. The first-order valence-electron chi connectivity index (χ1n) is 10.2. The first kappa shape index (κ1) is 20.7. The van der Waals surface area contributed by atoms with Crippen LogP contribution in [0.4, 0.5) is 0 Å². The van der Waals surface area contributed by atoms with E-state index in [9.17, 15) is 4.79 Å². The summed E-state index contributed by atoms with van der Waals surface area (Å²) in [7, 11) is 1.65. The molecule has 0 atom stereocenters. The first-order valence-corrected chi connectivity index (χ1v) is 10.2. The highest BCUT2D eigenvalue weighted by molar-refractivity contribution is 5.76. The monoisotopic (exact) mass is 395 g/mol. The number of nitrogens with zero attached hydrogens (tertiary/aromatic N) is 2. The third kappa shape index (κ3) is 5.50. The molecule has 0 saturated carbocycles. The molecule has 0 aliphatic rings. The summed E-state index contributed by atoms with van der Waals surface area (Å²) in [4.78, 5) is 16.2. The first-order chi connectivity index (χ1) is 14.2. The maximum absolute atomic E-state index is 11.4. The van der Waals surface area contributed by atoms with Gasteiger partial charge in [-0.2, -0.15) is 0 Å². The van der Waals surface area contributed by atoms with E-state index in [1.54, 1.807) is 7.11 Å². The van der Waals surface area contributed by atoms with Crippen molar-refractivity contribution in [1.29, 1.82) is 0 Å². The van der Waals surface area contributed by atoms with Gasteiger partial charge in [-0.3, -0.25) is 4.79 Å². The number of aryl methyl sites for hydroxylation is 2. The zero-order valence-corrected chi connectivity index (χ0v) is 17.2. The van der Waals surface area contributed by atoms with E-state index in [1.165, 1.54) is 0 Å². The summed E-state index contributed by atoms with van der Waals surface area (Å²) in [5.74, 6) is 2.65. The fraction of sp³-hybridized carbons (Fsp3) is 0.391. The lowest BCUT2D eigenvalue weighted by Gasteiger charge is -2.12. The third-order valence-corrected chi connectivity index (χ3v) is 4.81. The van der Waals surface area contributed by atoms with E-state index >= 15 is 0 Å². The molecule has 0 radical (unpaired) electrons. The SMILES string of the molecule is CCC(=O)NCCCc1nc2ccccc2n1CCCOc1ccccc1OC. The summed E-state index contributed by atoms with van der Waals surface area (Å²) < 4.78 is 13.5. The summed E-state index contributed by atoms with van der Waals surface area (Å²) in [6.45, 7) is 3.96. The number of hydrogen-bond donors (Lipinski definition) is 1. The van der Waals surface area contributed by atoms with Crippen molar-refractivity contribution in [3.8, 4) is 11.5 Å². The van der Waals surface area contributed by atoms with E-state index in [4.69, 9.17) is 14.5 Å². The molecule has 3 rings (SSSR count). The molecular formula is C23H29N3O3. The number of rotatable bonds is 11. The summed E-state index contributed by atoms with van der Waals surface area (Å²) in [5.41, 5.74) is 2.14. The van der Waals surface area contributed by atoms with Crippen LogP contribution in [0.15, 0.2) is 48.5 Å². The molecular weight excluding hydrogens is 366 g/mol. The molecule has 6 heteroatoms. The van der Waals surface area contributed by atoms with Crippen LogP contribution < -0.4 is 14.8 Å². The largest absolute Gasteiger partial charge is 0.493 e. The molecule has 2 aromatic carbocycles. The second kappa shape index (κ2) is 10.5. The molecule has 0 aliphatic carbocycles. The number of benzene rings is 2. The zero-order valence-electron chi connectivity index (χ0n) is 17.2. The van der Waals surface area contributed by atoms with Crippen molar-refractivity contribution in [3.05, 3.63) is 54.4 Å². The lowest BCUT2D eigenvalue weighted by Crippen LogP contribution is -2.23. The molecule has 1 aromatic heterocycles. The molecule has 1 amide bonds. The number of hydrogen-bond acceptors (Lipinski definition) is 4. The van der Waals surface area contributed by atoms with Crippen molar-refractivity contribution in [2.45, 2.75) is 39.2 Å². The number of imidazole rings is 1. The average Bonchev–Trinajstić information content (AvgIpc) is 3.11. The second-order valence-electron chi connectivity index (χ2n) is 6.83. The van der Waals surface area contributed by atoms with Gasteiger partial charge in [0.05, 0.1) is 24.8 Å². The van der Waals surface area contributed by atoms with Gasteiger partial charge in [-0.05, 0) is 37.1 Å². The van der Waals surface area contributed by atoms with Gasteiger partial charge in [0, 0.05) is 25.9 Å². The summed E-state index contributed by atoms with van der Waals surface area (Å²) in [6.07, 6.45) is 3.07. The highest BCUT2D eigenvalue weighted by Crippen LogP contribution is 2.26. The Balaban J connectivity index is 1.60. The Morgan fingerprint density at radius 1 is 1.07 bits per heavy atom. The maximum atomic E-state index is 11.4. The van der Waals surface area contributed by atoms with E-state index in [1.807, 2.05) is 49.4 Å². The minimum Gasteiger partial charge on any atom is -0.493 e. The van der Waals surface area contributed by atoms with Crippen molar-refractivity contribution in [2.75, 3.05) is 20.3 Å². The summed E-state index contributed by atoms with van der Waals surface area (Å²) >= 11 is 0. The number of para-hydroxylation sites is 4. The molecule has 1 N–H and O–H groups in total. The lowest BCUT2D eigenvalue weighted by molar-refractivity contribution is -0.120. The highest BCUT2D eigenvalue weighted by Gasteiger charge is 2.11. The number of nitrogens with one attached hydrogen (secondary N) is 1. The Labute approximate surface area is 171 Å². The van der Waals surface area contributed by atoms with Crippen LogP contribution in [0.1, 0.15) is 32.0 Å². The van der Waals surface area contributed by atoms with E-state index in [0.29, 0.717) is 19.6 Å². The normalized spacial score (nSPS) is 10.8. The second-order valence-corrected chi connectivity index (χ2v) is 6.83. The van der Waals surface area contributed by atoms with Crippen LogP contribution in [-0.2, 0) is 17.8 Å². The van der Waals surface area contributed by atoms with E-state index < -0.39 is 0 Å². The van der Waals surface area contributed by atoms with E-state index in [-0.39, 0.29) is 5.91 Å². The van der Waals surface area contributed by atoms with Crippen LogP contribution in [-0.4, -0.2) is 35.7 Å². The van der Waals surface area contributed by atoms with Gasteiger partial charge in [0.25, 0.3) is 0 Å². The van der Waals surface area contributed by atoms with E-state index in [2.05, 4.69) is 16.0 Å². The van der Waals surface area contributed by atoms with Gasteiger partial charge >= 0.3 is 0 Å². The van der Waals surface area contributed by atoms with Crippen molar-refractivity contribution >= 4 is 16.9 Å². The van der Waals surface area contributed by atoms with Crippen LogP contribution in [0.25, 0.3) is 11.0 Å². The molecule has 3 aromatic rings. The minimum atomic E-state index is 0.0898. The molecule has 0 fully saturated rings. The van der Waals surface area contributed by atoms with E-state index in [0.717, 1.165) is 54.2 Å². The number of amides is 1. The Morgan fingerprint density at radius 2 is 1.83 bits per heavy atom. The molecule has 0 bridgehead atoms. The number of methoxy groups -OCH3 is 1. The van der Waals surface area contributed by atoms with Crippen molar-refractivity contribution in [3.63, 3.8) is 0 Å². The Morgan fingerprint density at radius 3 is 2.62 bits per heavy atom. The maximum Gasteiger partial charge on any atom is 0.219 e. The number of fused-ring (bicyclic) bond motifs is 1. The van der Waals surface area contributed by atoms with Crippen LogP contribution in [0.2, 0.25) is 0 Å². The number of ether oxygens (including phenoxy) is 2. The molecule has 154 valence electrons. The van der Waals surface area contributed by atoms with Crippen LogP contribution in [0.3, 0.4) is 0 Å². The standard InChI is InChI=1S/C23H29N3O3/c1-3-23(27)24-15-8-14-22-25-18-10-4-5-11-19(18)26(22)16-9-17-29-21-13-7-6-12-20(21)28-2/h4-7,10-13H,3,8-9,14-17H2,1-2H3,(H,24,27). The highest BCUT2D eigenvalue weighted by atomic mass is 16.5. The minimum absolute atomic E-state index is 0.0898. The summed E-state index contributed by atoms with van der Waals surface area (Å²) in [6, 6.07) is 15.9. The summed E-state index contributed by atoms with van der Waals surface area (Å²) in [5, 5.41) is 2.93. The van der Waals surface area contributed by atoms with Gasteiger partial charge in [0.2, 0.25) is 5.91 Å². The van der Waals surface area contributed by atoms with Gasteiger partial charge in [-0.1, -0.05) is 31.2 Å². The lowest BCUT2D eigenvalue weighted by atomic mass is 10.2. The fourth-order valence-electron chi connectivity index (χ4n) is 3.31. The van der Waals surface area contributed by atoms with Gasteiger partial charge in [-0.15, -0.1) is 0 Å². The molecule has 0 saturated heterocycles.